The lowest BCUT2D eigenvalue weighted by molar-refractivity contribution is -0.222. The summed E-state index contributed by atoms with van der Waals surface area (Å²) >= 11 is 0. The molecule has 0 aromatic rings. The standard InChI is InChI=1S/C10H15O8P/c1-7(3-5-11)9(13)17-19(15,16)18-10(14)8(2)4-6-12/h11-12H,1-6H2,(H,15,16)/p-1. The Balaban J connectivity index is 4.52. The molecule has 8 nitrogen and oxygen atoms in total. The van der Waals surface area contributed by atoms with Gasteiger partial charge >= 0.3 is 19.8 Å². The number of phosphoric acid groups is 1. The molecule has 0 saturated carbocycles. The van der Waals surface area contributed by atoms with Crippen molar-refractivity contribution in [1.82, 2.24) is 0 Å². The summed E-state index contributed by atoms with van der Waals surface area (Å²) in [4.78, 5) is 33.5. The van der Waals surface area contributed by atoms with Crippen molar-refractivity contribution in [3.8, 4) is 0 Å². The lowest BCUT2D eigenvalue weighted by Crippen LogP contribution is -2.18. The van der Waals surface area contributed by atoms with E-state index in [1.165, 1.54) is 0 Å². The number of hydrogen-bond acceptors (Lipinski definition) is 8. The summed E-state index contributed by atoms with van der Waals surface area (Å²) in [6.45, 7) is 5.55. The first-order valence-electron chi connectivity index (χ1n) is 5.09. The van der Waals surface area contributed by atoms with Gasteiger partial charge in [0.1, 0.15) is 0 Å². The monoisotopic (exact) mass is 293 g/mol. The zero-order valence-corrected chi connectivity index (χ0v) is 10.9. The smallest absolute Gasteiger partial charge is 0.377 e. The van der Waals surface area contributed by atoms with Crippen LogP contribution in [0.2, 0.25) is 0 Å². The fraction of sp³-hybridized carbons (Fsp3) is 0.400. The molecule has 0 aromatic heterocycles. The lowest BCUT2D eigenvalue weighted by Gasteiger charge is -2.22. The molecule has 0 aliphatic rings. The average Bonchev–Trinajstić information content (AvgIpc) is 2.28. The summed E-state index contributed by atoms with van der Waals surface area (Å²) in [6.07, 6.45) is -0.353. The van der Waals surface area contributed by atoms with Crippen LogP contribution in [0.1, 0.15) is 12.8 Å². The van der Waals surface area contributed by atoms with Crippen LogP contribution in [0.25, 0.3) is 0 Å². The first-order valence-corrected chi connectivity index (χ1v) is 6.55. The van der Waals surface area contributed by atoms with Gasteiger partial charge in [-0.05, 0) is 0 Å². The molecule has 0 atom stereocenters. The highest BCUT2D eigenvalue weighted by molar-refractivity contribution is 7.47. The Bertz CT molecular complexity index is 391. The van der Waals surface area contributed by atoms with Crippen molar-refractivity contribution in [3.63, 3.8) is 0 Å². The molecular weight excluding hydrogens is 279 g/mol. The number of carbonyl (C=O) groups is 2. The van der Waals surface area contributed by atoms with E-state index in [1.807, 2.05) is 0 Å². The van der Waals surface area contributed by atoms with E-state index in [1.54, 1.807) is 0 Å². The summed E-state index contributed by atoms with van der Waals surface area (Å²) in [5.74, 6) is -2.65. The van der Waals surface area contributed by atoms with Crippen LogP contribution in [0.15, 0.2) is 24.3 Å². The summed E-state index contributed by atoms with van der Waals surface area (Å²) < 4.78 is 19.1. The summed E-state index contributed by atoms with van der Waals surface area (Å²) in [5.41, 5.74) is -0.576. The van der Waals surface area contributed by atoms with Crippen molar-refractivity contribution in [2.75, 3.05) is 13.2 Å². The zero-order valence-electron chi connectivity index (χ0n) is 10.0. The fourth-order valence-electron chi connectivity index (χ4n) is 0.825. The summed E-state index contributed by atoms with van der Waals surface area (Å²) in [5, 5.41) is 17.0. The summed E-state index contributed by atoms with van der Waals surface area (Å²) in [7, 11) is -5.19. The van der Waals surface area contributed by atoms with Crippen LogP contribution in [-0.4, -0.2) is 35.4 Å². The first-order chi connectivity index (χ1) is 8.73. The molecule has 0 bridgehead atoms. The Morgan fingerprint density at radius 3 is 1.58 bits per heavy atom. The normalized spacial score (nSPS) is 10.7. The molecule has 2 N–H and O–H groups in total. The van der Waals surface area contributed by atoms with E-state index in [0.29, 0.717) is 0 Å². The molecule has 9 heteroatoms. The number of phosphoric ester groups is 1. The van der Waals surface area contributed by atoms with Crippen LogP contribution in [0, 0.1) is 0 Å². The molecule has 0 saturated heterocycles. The second-order valence-corrected chi connectivity index (χ2v) is 4.62. The highest BCUT2D eigenvalue weighted by Crippen LogP contribution is 2.40. The maximum atomic E-state index is 11.2. The van der Waals surface area contributed by atoms with Gasteiger partial charge in [0.2, 0.25) is 0 Å². The quantitative estimate of drug-likeness (QED) is 0.448. The Kier molecular flexibility index (Phi) is 7.25. The number of hydrogen-bond donors (Lipinski definition) is 2. The number of rotatable bonds is 8. The molecule has 0 aromatic carbocycles. The topological polar surface area (TPSA) is 133 Å². The molecule has 0 rings (SSSR count). The van der Waals surface area contributed by atoms with Gasteiger partial charge in [0.25, 0.3) is 0 Å². The molecule has 0 heterocycles. The van der Waals surface area contributed by atoms with Crippen molar-refractivity contribution >= 4 is 19.8 Å². The van der Waals surface area contributed by atoms with E-state index in [4.69, 9.17) is 10.2 Å². The zero-order chi connectivity index (χ0) is 15.1. The van der Waals surface area contributed by atoms with Gasteiger partial charge in [-0.2, -0.15) is 0 Å². The highest BCUT2D eigenvalue weighted by atomic mass is 31.2. The molecule has 0 fully saturated rings. The van der Waals surface area contributed by atoms with Crippen LogP contribution in [-0.2, 0) is 23.2 Å². The van der Waals surface area contributed by atoms with Gasteiger partial charge in [0.05, 0.1) is 0 Å². The number of aliphatic hydroxyl groups is 2. The van der Waals surface area contributed by atoms with E-state index < -0.39 is 33.0 Å². The molecule has 19 heavy (non-hydrogen) atoms. The fourth-order valence-corrected chi connectivity index (χ4v) is 1.53. The molecule has 0 aliphatic heterocycles. The second kappa shape index (κ2) is 7.85. The molecule has 0 spiro atoms. The van der Waals surface area contributed by atoms with Crippen LogP contribution < -0.4 is 4.89 Å². The van der Waals surface area contributed by atoms with Crippen molar-refractivity contribution in [2.24, 2.45) is 0 Å². The first kappa shape index (κ1) is 17.5. The van der Waals surface area contributed by atoms with E-state index in [9.17, 15) is 19.0 Å². The minimum absolute atomic E-state index is 0.177. The Hall–Kier alpha value is -1.47. The molecule has 108 valence electrons. The largest absolute Gasteiger partial charge is 0.736 e. The van der Waals surface area contributed by atoms with Gasteiger partial charge < -0.3 is 24.2 Å². The molecule has 0 amide bonds. The number of aliphatic hydroxyl groups excluding tert-OH is 2. The minimum Gasteiger partial charge on any atom is -0.736 e. The van der Waals surface area contributed by atoms with Gasteiger partial charge in [0, 0.05) is 37.2 Å². The predicted octanol–water partition coefficient (Wildman–Crippen LogP) is -0.582. The second-order valence-electron chi connectivity index (χ2n) is 3.36. The maximum Gasteiger partial charge on any atom is 0.377 e. The van der Waals surface area contributed by atoms with Crippen molar-refractivity contribution in [3.05, 3.63) is 24.3 Å². The Morgan fingerprint density at radius 1 is 1.00 bits per heavy atom. The minimum atomic E-state index is -5.19. The van der Waals surface area contributed by atoms with E-state index in [-0.39, 0.29) is 24.0 Å². The SMILES string of the molecule is C=C(CCO)C(=O)OP(=O)([O-])OC(=O)C(=C)CCO. The average molecular weight is 293 g/mol. The Labute approximate surface area is 109 Å². The third-order valence-electron chi connectivity index (χ3n) is 1.79. The van der Waals surface area contributed by atoms with Crippen molar-refractivity contribution < 1.29 is 38.3 Å². The Morgan fingerprint density at radius 2 is 1.32 bits per heavy atom. The van der Waals surface area contributed by atoms with Gasteiger partial charge in [-0.25, -0.2) is 14.2 Å². The molecular formula is C10H14O8P-. The van der Waals surface area contributed by atoms with Crippen LogP contribution >= 0.6 is 7.82 Å². The van der Waals surface area contributed by atoms with E-state index >= 15 is 0 Å². The van der Waals surface area contributed by atoms with Gasteiger partial charge in [0.15, 0.2) is 0 Å². The third kappa shape index (κ3) is 6.88. The van der Waals surface area contributed by atoms with E-state index in [2.05, 4.69) is 22.2 Å². The van der Waals surface area contributed by atoms with Crippen molar-refractivity contribution in [2.45, 2.75) is 12.8 Å². The van der Waals surface area contributed by atoms with Gasteiger partial charge in [-0.3, -0.25) is 0 Å². The van der Waals surface area contributed by atoms with Gasteiger partial charge in [-0.15, -0.1) is 0 Å². The highest BCUT2D eigenvalue weighted by Gasteiger charge is 2.23. The van der Waals surface area contributed by atoms with Crippen molar-refractivity contribution in [1.29, 1.82) is 0 Å². The van der Waals surface area contributed by atoms with E-state index in [0.717, 1.165) is 0 Å². The molecule has 0 unspecified atom stereocenters. The van der Waals surface area contributed by atoms with Crippen LogP contribution in [0.5, 0.6) is 0 Å². The third-order valence-corrected chi connectivity index (χ3v) is 2.57. The summed E-state index contributed by atoms with van der Waals surface area (Å²) in [6, 6.07) is 0. The lowest BCUT2D eigenvalue weighted by atomic mass is 10.2. The molecule has 0 aliphatic carbocycles. The maximum absolute atomic E-state index is 11.2. The predicted molar refractivity (Wildman–Crippen MR) is 61.5 cm³/mol. The molecule has 0 radical (unpaired) electrons. The number of carbonyl (C=O) groups excluding carboxylic acids is 2. The van der Waals surface area contributed by atoms with Crippen LogP contribution in [0.3, 0.4) is 0 Å². The van der Waals surface area contributed by atoms with Gasteiger partial charge in [-0.1, -0.05) is 13.2 Å². The van der Waals surface area contributed by atoms with Crippen LogP contribution in [0.4, 0.5) is 0 Å².